The molecule has 1 aliphatic rings. The van der Waals surface area contributed by atoms with Gasteiger partial charge in [-0.2, -0.15) is 0 Å². The Hall–Kier alpha value is -1.28. The molecular formula is C19H31IN4O. The van der Waals surface area contributed by atoms with E-state index in [1.807, 2.05) is 6.92 Å². The number of nitrogens with zero attached hydrogens (tertiary/aromatic N) is 2. The summed E-state index contributed by atoms with van der Waals surface area (Å²) < 4.78 is 5.34. The molecule has 0 unspecified atom stereocenters. The van der Waals surface area contributed by atoms with Gasteiger partial charge in [0.25, 0.3) is 0 Å². The lowest BCUT2D eigenvalue weighted by Gasteiger charge is -2.18. The van der Waals surface area contributed by atoms with E-state index in [4.69, 9.17) is 4.74 Å². The molecule has 0 amide bonds. The normalized spacial score (nSPS) is 13.7. The number of ether oxygens (including phenoxy) is 1. The average Bonchev–Trinajstić information content (AvgIpc) is 3.15. The molecule has 0 aromatic heterocycles. The smallest absolute Gasteiger partial charge is 0.191 e. The van der Waals surface area contributed by atoms with Gasteiger partial charge in [0.1, 0.15) is 0 Å². The maximum atomic E-state index is 5.34. The number of nitrogens with one attached hydrogen (secondary N) is 2. The van der Waals surface area contributed by atoms with E-state index in [2.05, 4.69) is 56.9 Å². The molecule has 0 saturated heterocycles. The summed E-state index contributed by atoms with van der Waals surface area (Å²) in [5, 5.41) is 6.70. The Bertz CT molecular complexity index is 523. The monoisotopic (exact) mass is 458 g/mol. The molecule has 25 heavy (non-hydrogen) atoms. The molecule has 1 heterocycles. The van der Waals surface area contributed by atoms with E-state index < -0.39 is 0 Å². The predicted octanol–water partition coefficient (Wildman–Crippen LogP) is 3.16. The highest BCUT2D eigenvalue weighted by atomic mass is 127. The van der Waals surface area contributed by atoms with Crippen molar-refractivity contribution in [1.82, 2.24) is 10.6 Å². The number of halogens is 1. The minimum absolute atomic E-state index is 0. The van der Waals surface area contributed by atoms with Gasteiger partial charge in [0.2, 0.25) is 0 Å². The van der Waals surface area contributed by atoms with Crippen molar-refractivity contribution < 1.29 is 4.74 Å². The molecule has 5 nitrogen and oxygen atoms in total. The van der Waals surface area contributed by atoms with Gasteiger partial charge >= 0.3 is 0 Å². The van der Waals surface area contributed by atoms with Crippen LogP contribution in [-0.4, -0.2) is 45.9 Å². The van der Waals surface area contributed by atoms with Crippen molar-refractivity contribution in [1.29, 1.82) is 0 Å². The van der Waals surface area contributed by atoms with Gasteiger partial charge in [-0.05, 0) is 37.5 Å². The first kappa shape index (κ1) is 21.8. The van der Waals surface area contributed by atoms with Crippen LogP contribution in [0.4, 0.5) is 5.69 Å². The lowest BCUT2D eigenvalue weighted by atomic mass is 10.2. The third-order valence-electron chi connectivity index (χ3n) is 4.02. The summed E-state index contributed by atoms with van der Waals surface area (Å²) in [6.07, 6.45) is 6.57. The number of guanidine groups is 1. The van der Waals surface area contributed by atoms with Crippen LogP contribution >= 0.6 is 24.0 Å². The van der Waals surface area contributed by atoms with Crippen LogP contribution in [0.3, 0.4) is 0 Å². The van der Waals surface area contributed by atoms with Crippen molar-refractivity contribution in [2.45, 2.75) is 26.3 Å². The molecule has 6 heteroatoms. The molecule has 0 bridgehead atoms. The molecule has 0 radical (unpaired) electrons. The van der Waals surface area contributed by atoms with Crippen LogP contribution in [0.5, 0.6) is 0 Å². The van der Waals surface area contributed by atoms with E-state index in [-0.39, 0.29) is 24.0 Å². The Kier molecular flexibility index (Phi) is 11.3. The third kappa shape index (κ3) is 8.09. The summed E-state index contributed by atoms with van der Waals surface area (Å²) in [6.45, 7) is 7.37. The molecule has 0 fully saturated rings. The second kappa shape index (κ2) is 13.0. The molecule has 2 N–H and O–H groups in total. The minimum atomic E-state index is 0. The number of benzene rings is 1. The van der Waals surface area contributed by atoms with Gasteiger partial charge in [-0.25, -0.2) is 0 Å². The number of hydrogen-bond donors (Lipinski definition) is 2. The Morgan fingerprint density at radius 1 is 1.12 bits per heavy atom. The zero-order valence-corrected chi connectivity index (χ0v) is 17.7. The van der Waals surface area contributed by atoms with E-state index in [0.717, 1.165) is 58.2 Å². The molecule has 0 atom stereocenters. The first-order valence-corrected chi connectivity index (χ1v) is 8.84. The fourth-order valence-corrected chi connectivity index (χ4v) is 2.60. The fraction of sp³-hybridized carbons (Fsp3) is 0.526. The van der Waals surface area contributed by atoms with Crippen molar-refractivity contribution in [3.8, 4) is 0 Å². The van der Waals surface area contributed by atoms with Gasteiger partial charge in [-0.15, -0.1) is 24.0 Å². The van der Waals surface area contributed by atoms with Crippen molar-refractivity contribution in [3.63, 3.8) is 0 Å². The van der Waals surface area contributed by atoms with Gasteiger partial charge in [-0.3, -0.25) is 4.99 Å². The second-order valence-electron chi connectivity index (χ2n) is 5.80. The van der Waals surface area contributed by atoms with Gasteiger partial charge in [0.05, 0.1) is 0 Å². The summed E-state index contributed by atoms with van der Waals surface area (Å²) >= 11 is 0. The van der Waals surface area contributed by atoms with Crippen LogP contribution in [-0.2, 0) is 11.3 Å². The molecule has 0 spiro atoms. The predicted molar refractivity (Wildman–Crippen MR) is 117 cm³/mol. The summed E-state index contributed by atoms with van der Waals surface area (Å²) in [4.78, 5) is 6.61. The lowest BCUT2D eigenvalue weighted by molar-refractivity contribution is 0.143. The number of hydrogen-bond acceptors (Lipinski definition) is 3. The van der Waals surface area contributed by atoms with Gasteiger partial charge < -0.3 is 20.3 Å². The van der Waals surface area contributed by atoms with Crippen LogP contribution in [0.15, 0.2) is 41.4 Å². The largest absolute Gasteiger partial charge is 0.382 e. The van der Waals surface area contributed by atoms with Crippen molar-refractivity contribution in [2.24, 2.45) is 4.99 Å². The number of unbranched alkanes of at least 4 members (excludes halogenated alkanes) is 1. The summed E-state index contributed by atoms with van der Waals surface area (Å²) in [5.74, 6) is 0.847. The van der Waals surface area contributed by atoms with Crippen LogP contribution in [0.1, 0.15) is 25.3 Å². The van der Waals surface area contributed by atoms with E-state index >= 15 is 0 Å². The van der Waals surface area contributed by atoms with Crippen LogP contribution in [0.25, 0.3) is 0 Å². The Balaban J connectivity index is 0.00000312. The Morgan fingerprint density at radius 2 is 1.84 bits per heavy atom. The van der Waals surface area contributed by atoms with E-state index in [9.17, 15) is 0 Å². The number of anilines is 1. The first-order valence-electron chi connectivity index (χ1n) is 8.84. The standard InChI is InChI=1S/C19H30N4O.HI/c1-3-24-15-7-4-12-21-19(20-2)22-16-17-8-10-18(11-9-17)23-13-5-6-14-23;/h5-6,8-11H,3-4,7,12-16H2,1-2H3,(H2,20,21,22);1H. The van der Waals surface area contributed by atoms with Crippen molar-refractivity contribution in [2.75, 3.05) is 44.8 Å². The Labute approximate surface area is 168 Å². The summed E-state index contributed by atoms with van der Waals surface area (Å²) in [6, 6.07) is 8.73. The topological polar surface area (TPSA) is 48.9 Å². The first-order chi connectivity index (χ1) is 11.8. The maximum Gasteiger partial charge on any atom is 0.191 e. The van der Waals surface area contributed by atoms with E-state index in [0.29, 0.717) is 0 Å². The molecule has 1 aliphatic heterocycles. The van der Waals surface area contributed by atoms with E-state index in [1.165, 1.54) is 11.3 Å². The number of rotatable bonds is 9. The highest BCUT2D eigenvalue weighted by Gasteiger charge is 2.07. The third-order valence-corrected chi connectivity index (χ3v) is 4.02. The highest BCUT2D eigenvalue weighted by Crippen LogP contribution is 2.17. The SMILES string of the molecule is CCOCCCCNC(=NC)NCc1ccc(N2CC=CC2)cc1.I. The van der Waals surface area contributed by atoms with Crippen LogP contribution in [0.2, 0.25) is 0 Å². The van der Waals surface area contributed by atoms with Gasteiger partial charge in [0, 0.05) is 52.1 Å². The van der Waals surface area contributed by atoms with E-state index in [1.54, 1.807) is 7.05 Å². The molecule has 2 rings (SSSR count). The zero-order valence-electron chi connectivity index (χ0n) is 15.3. The maximum absolute atomic E-state index is 5.34. The number of aliphatic imine (C=N–C) groups is 1. The lowest BCUT2D eigenvalue weighted by Crippen LogP contribution is -2.37. The van der Waals surface area contributed by atoms with Gasteiger partial charge in [-0.1, -0.05) is 24.3 Å². The van der Waals surface area contributed by atoms with Crippen molar-refractivity contribution >= 4 is 35.6 Å². The highest BCUT2D eigenvalue weighted by molar-refractivity contribution is 14.0. The molecule has 140 valence electrons. The van der Waals surface area contributed by atoms with Crippen LogP contribution < -0.4 is 15.5 Å². The average molecular weight is 458 g/mol. The molecule has 0 saturated carbocycles. The summed E-state index contributed by atoms with van der Waals surface area (Å²) in [7, 11) is 1.80. The fourth-order valence-electron chi connectivity index (χ4n) is 2.60. The molecule has 1 aromatic carbocycles. The molecule has 0 aliphatic carbocycles. The second-order valence-corrected chi connectivity index (χ2v) is 5.80. The molecule has 1 aromatic rings. The molecular weight excluding hydrogens is 427 g/mol. The minimum Gasteiger partial charge on any atom is -0.382 e. The summed E-state index contributed by atoms with van der Waals surface area (Å²) in [5.41, 5.74) is 2.53. The van der Waals surface area contributed by atoms with Gasteiger partial charge in [0.15, 0.2) is 5.96 Å². The quantitative estimate of drug-likeness (QED) is 0.196. The Morgan fingerprint density at radius 3 is 2.48 bits per heavy atom. The zero-order chi connectivity index (χ0) is 17.0. The van der Waals surface area contributed by atoms with Crippen LogP contribution in [0, 0.1) is 0 Å². The van der Waals surface area contributed by atoms with Crippen molar-refractivity contribution in [3.05, 3.63) is 42.0 Å².